The predicted molar refractivity (Wildman–Crippen MR) is 60.8 cm³/mol. The van der Waals surface area contributed by atoms with Gasteiger partial charge in [0.15, 0.2) is 0 Å². The van der Waals surface area contributed by atoms with Crippen LogP contribution in [0.5, 0.6) is 0 Å². The molecule has 0 amide bonds. The Balaban J connectivity index is 0. The van der Waals surface area contributed by atoms with Crippen molar-refractivity contribution in [2.75, 3.05) is 19.8 Å². The second-order valence-electron chi connectivity index (χ2n) is 3.79. The molecule has 0 aliphatic heterocycles. The van der Waals surface area contributed by atoms with E-state index < -0.39 is 6.10 Å². The Labute approximate surface area is 92.6 Å². The van der Waals surface area contributed by atoms with E-state index in [1.807, 2.05) is 0 Å². The fraction of sp³-hybridized carbons (Fsp3) is 1.00. The van der Waals surface area contributed by atoms with Crippen molar-refractivity contribution in [3.05, 3.63) is 0 Å². The molecule has 0 aromatic carbocycles. The topological polar surface area (TPSA) is 81.2 Å². The Morgan fingerprint density at radius 1 is 1.20 bits per heavy atom. The van der Waals surface area contributed by atoms with E-state index in [9.17, 15) is 0 Å². The maximum atomic E-state index is 9.04. The average Bonchev–Trinajstić information content (AvgIpc) is 2.22. The zero-order chi connectivity index (χ0) is 10.8. The lowest BCUT2D eigenvalue weighted by molar-refractivity contribution is -0.00599. The first-order chi connectivity index (χ1) is 6.74. The third kappa shape index (κ3) is 10.1. The Hall–Kier alpha value is -0.160. The van der Waals surface area contributed by atoms with E-state index in [1.165, 1.54) is 19.3 Å². The van der Waals surface area contributed by atoms with Crippen LogP contribution in [0.3, 0.4) is 0 Å². The molecule has 94 valence electrons. The van der Waals surface area contributed by atoms with Crippen molar-refractivity contribution in [2.45, 2.75) is 45.6 Å². The van der Waals surface area contributed by atoms with E-state index in [0.717, 1.165) is 6.42 Å². The maximum absolute atomic E-state index is 9.04. The van der Waals surface area contributed by atoms with Crippen molar-refractivity contribution in [3.63, 3.8) is 0 Å². The molecule has 2 atom stereocenters. The summed E-state index contributed by atoms with van der Waals surface area (Å²) < 4.78 is 5.33. The molecular weight excluding hydrogens is 196 g/mol. The molecule has 4 N–H and O–H groups in total. The number of aliphatic hydroxyl groups is 2. The Kier molecular flexibility index (Phi) is 13.7. The Morgan fingerprint density at radius 2 is 1.87 bits per heavy atom. The molecule has 0 aromatic rings. The van der Waals surface area contributed by atoms with Gasteiger partial charge in [-0.15, -0.1) is 0 Å². The van der Waals surface area contributed by atoms with Gasteiger partial charge in [-0.05, 0) is 12.3 Å². The van der Waals surface area contributed by atoms with Gasteiger partial charge < -0.3 is 20.4 Å². The smallest absolute Gasteiger partial charge is 0.100 e. The fourth-order valence-corrected chi connectivity index (χ4v) is 1.32. The van der Waals surface area contributed by atoms with Gasteiger partial charge in [0.1, 0.15) is 6.10 Å². The quantitative estimate of drug-likeness (QED) is 0.604. The summed E-state index contributed by atoms with van der Waals surface area (Å²) in [6.07, 6.45) is 4.05. The molecule has 0 fully saturated rings. The molecule has 0 aliphatic carbocycles. The van der Waals surface area contributed by atoms with Crippen LogP contribution in [0.4, 0.5) is 0 Å². The second kappa shape index (κ2) is 11.9. The average molecular weight is 222 g/mol. The van der Waals surface area contributed by atoms with Crippen molar-refractivity contribution < 1.29 is 20.4 Å². The molecule has 0 rings (SSSR count). The molecule has 4 nitrogen and oxygen atoms in total. The molecule has 0 saturated carbocycles. The van der Waals surface area contributed by atoms with Gasteiger partial charge in [-0.2, -0.15) is 0 Å². The SMILES string of the molecule is CCCCC(CC)COCC(O)CO.O. The van der Waals surface area contributed by atoms with Crippen molar-refractivity contribution >= 4 is 0 Å². The Morgan fingerprint density at radius 3 is 2.33 bits per heavy atom. The summed E-state index contributed by atoms with van der Waals surface area (Å²) >= 11 is 0. The minimum absolute atomic E-state index is 0. The van der Waals surface area contributed by atoms with Crippen LogP contribution in [0.2, 0.25) is 0 Å². The van der Waals surface area contributed by atoms with Crippen LogP contribution < -0.4 is 0 Å². The zero-order valence-corrected chi connectivity index (χ0v) is 9.91. The second-order valence-corrected chi connectivity index (χ2v) is 3.79. The molecule has 0 heterocycles. The van der Waals surface area contributed by atoms with Crippen molar-refractivity contribution in [2.24, 2.45) is 5.92 Å². The van der Waals surface area contributed by atoms with Gasteiger partial charge >= 0.3 is 0 Å². The van der Waals surface area contributed by atoms with Gasteiger partial charge in [-0.1, -0.05) is 33.1 Å². The van der Waals surface area contributed by atoms with E-state index in [-0.39, 0.29) is 18.7 Å². The van der Waals surface area contributed by atoms with Crippen molar-refractivity contribution in [1.82, 2.24) is 0 Å². The lowest BCUT2D eigenvalue weighted by Crippen LogP contribution is -2.21. The number of ether oxygens (including phenoxy) is 1. The summed E-state index contributed by atoms with van der Waals surface area (Å²) in [4.78, 5) is 0. The highest BCUT2D eigenvalue weighted by molar-refractivity contribution is 4.57. The Bertz CT molecular complexity index is 119. The van der Waals surface area contributed by atoms with E-state index in [0.29, 0.717) is 12.5 Å². The number of unbranched alkanes of at least 4 members (excludes halogenated alkanes) is 1. The molecule has 4 heteroatoms. The number of rotatable bonds is 9. The third-order valence-electron chi connectivity index (χ3n) is 2.42. The van der Waals surface area contributed by atoms with Gasteiger partial charge in [0.25, 0.3) is 0 Å². The monoisotopic (exact) mass is 222 g/mol. The summed E-state index contributed by atoms with van der Waals surface area (Å²) in [5, 5.41) is 17.6. The van der Waals surface area contributed by atoms with Gasteiger partial charge in [0.2, 0.25) is 0 Å². The molecule has 0 saturated heterocycles. The van der Waals surface area contributed by atoms with E-state index in [2.05, 4.69) is 13.8 Å². The van der Waals surface area contributed by atoms with Gasteiger partial charge in [-0.25, -0.2) is 0 Å². The van der Waals surface area contributed by atoms with Crippen LogP contribution >= 0.6 is 0 Å². The van der Waals surface area contributed by atoms with E-state index in [1.54, 1.807) is 0 Å². The first kappa shape index (κ1) is 17.2. The van der Waals surface area contributed by atoms with Crippen LogP contribution in [-0.4, -0.2) is 41.6 Å². The summed E-state index contributed by atoms with van der Waals surface area (Å²) in [5.41, 5.74) is 0. The summed E-state index contributed by atoms with van der Waals surface area (Å²) in [6, 6.07) is 0. The molecule has 15 heavy (non-hydrogen) atoms. The van der Waals surface area contributed by atoms with Crippen LogP contribution in [0.25, 0.3) is 0 Å². The fourth-order valence-electron chi connectivity index (χ4n) is 1.32. The van der Waals surface area contributed by atoms with Crippen LogP contribution in [0, 0.1) is 5.92 Å². The standard InChI is InChI=1S/C11H24O3.H2O/c1-3-5-6-10(4-2)8-14-9-11(13)7-12;/h10-13H,3-9H2,1-2H3;1H2. The highest BCUT2D eigenvalue weighted by atomic mass is 16.5. The van der Waals surface area contributed by atoms with Crippen molar-refractivity contribution in [3.8, 4) is 0 Å². The highest BCUT2D eigenvalue weighted by Gasteiger charge is 2.07. The third-order valence-corrected chi connectivity index (χ3v) is 2.42. The van der Waals surface area contributed by atoms with Crippen LogP contribution in [0.15, 0.2) is 0 Å². The maximum Gasteiger partial charge on any atom is 0.100 e. The molecule has 0 aliphatic rings. The van der Waals surface area contributed by atoms with E-state index in [4.69, 9.17) is 14.9 Å². The first-order valence-corrected chi connectivity index (χ1v) is 5.61. The lowest BCUT2D eigenvalue weighted by atomic mass is 10.0. The molecule has 0 bridgehead atoms. The van der Waals surface area contributed by atoms with Crippen LogP contribution in [0.1, 0.15) is 39.5 Å². The molecule has 0 spiro atoms. The minimum atomic E-state index is -0.723. The van der Waals surface area contributed by atoms with Gasteiger partial charge in [0.05, 0.1) is 13.2 Å². The first-order valence-electron chi connectivity index (χ1n) is 5.61. The summed E-state index contributed by atoms with van der Waals surface area (Å²) in [6.45, 7) is 5.08. The lowest BCUT2D eigenvalue weighted by Gasteiger charge is -2.15. The molecule has 0 radical (unpaired) electrons. The summed E-state index contributed by atoms with van der Waals surface area (Å²) in [5.74, 6) is 0.598. The normalized spacial score (nSPS) is 14.4. The number of hydrogen-bond acceptors (Lipinski definition) is 3. The van der Waals surface area contributed by atoms with Gasteiger partial charge in [-0.3, -0.25) is 0 Å². The summed E-state index contributed by atoms with van der Waals surface area (Å²) in [7, 11) is 0. The van der Waals surface area contributed by atoms with Crippen LogP contribution in [-0.2, 0) is 4.74 Å². The van der Waals surface area contributed by atoms with E-state index >= 15 is 0 Å². The van der Waals surface area contributed by atoms with Gasteiger partial charge in [0, 0.05) is 6.61 Å². The molecular formula is C11H26O4. The number of hydrogen-bond donors (Lipinski definition) is 2. The van der Waals surface area contributed by atoms with Crippen molar-refractivity contribution in [1.29, 1.82) is 0 Å². The number of aliphatic hydroxyl groups excluding tert-OH is 2. The largest absolute Gasteiger partial charge is 0.412 e. The molecule has 0 aromatic heterocycles. The predicted octanol–water partition coefficient (Wildman–Crippen LogP) is 0.748. The molecule has 2 unspecified atom stereocenters. The minimum Gasteiger partial charge on any atom is -0.412 e. The zero-order valence-electron chi connectivity index (χ0n) is 9.91. The highest BCUT2D eigenvalue weighted by Crippen LogP contribution is 2.12.